The number of carbonyl (C=O) groups excluding carboxylic acids is 1. The standard InChI is InChI=1S/C26H36N2O4S/c1-4-6-9-20(29)17-27(14-5-2)18-26(30)28-15-12-25-21(13-16-33-25)22(28)19-32-24-11-8-7-10-23(24)31-3/h4,7-8,10-11,13,16,20,22,29H,1,5-6,9,12,14-15,17-19H2,2-3H3/t20-,22+/m1/s1. The first-order valence-electron chi connectivity index (χ1n) is 11.7. The van der Waals surface area contributed by atoms with E-state index in [9.17, 15) is 9.90 Å². The second-order valence-electron chi connectivity index (χ2n) is 8.37. The van der Waals surface area contributed by atoms with Crippen LogP contribution in [-0.4, -0.2) is 66.8 Å². The molecule has 6 nitrogen and oxygen atoms in total. The van der Waals surface area contributed by atoms with E-state index < -0.39 is 6.10 Å². The monoisotopic (exact) mass is 472 g/mol. The van der Waals surface area contributed by atoms with Crippen molar-refractivity contribution in [2.45, 2.75) is 44.8 Å². The highest BCUT2D eigenvalue weighted by molar-refractivity contribution is 7.10. The maximum atomic E-state index is 13.5. The molecule has 1 aliphatic heterocycles. The van der Waals surface area contributed by atoms with Crippen LogP contribution < -0.4 is 9.47 Å². The topological polar surface area (TPSA) is 62.2 Å². The second kappa shape index (κ2) is 12.8. The van der Waals surface area contributed by atoms with Crippen molar-refractivity contribution in [2.75, 3.05) is 39.9 Å². The Balaban J connectivity index is 1.72. The summed E-state index contributed by atoms with van der Waals surface area (Å²) in [7, 11) is 1.63. The number of nitrogens with zero attached hydrogens (tertiary/aromatic N) is 2. The molecule has 0 radical (unpaired) electrons. The number of para-hydroxylation sites is 2. The molecular formula is C26H36N2O4S. The predicted octanol–water partition coefficient (Wildman–Crippen LogP) is 4.30. The molecule has 0 saturated heterocycles. The average molecular weight is 473 g/mol. The minimum Gasteiger partial charge on any atom is -0.493 e. The zero-order valence-electron chi connectivity index (χ0n) is 19.7. The van der Waals surface area contributed by atoms with Gasteiger partial charge in [0.2, 0.25) is 5.91 Å². The summed E-state index contributed by atoms with van der Waals surface area (Å²) in [6, 6.07) is 9.54. The van der Waals surface area contributed by atoms with Gasteiger partial charge in [0.05, 0.1) is 25.8 Å². The van der Waals surface area contributed by atoms with Crippen LogP contribution in [0.25, 0.3) is 0 Å². The molecule has 3 rings (SSSR count). The van der Waals surface area contributed by atoms with Crippen LogP contribution in [0, 0.1) is 0 Å². The van der Waals surface area contributed by atoms with Crippen LogP contribution in [0.15, 0.2) is 48.4 Å². The van der Waals surface area contributed by atoms with Crippen molar-refractivity contribution < 1.29 is 19.4 Å². The molecule has 0 bridgehead atoms. The Labute approximate surface area is 201 Å². The van der Waals surface area contributed by atoms with Crippen molar-refractivity contribution in [3.05, 3.63) is 58.8 Å². The van der Waals surface area contributed by atoms with Crippen LogP contribution in [0.4, 0.5) is 0 Å². The first-order valence-corrected chi connectivity index (χ1v) is 12.6. The quantitative estimate of drug-likeness (QED) is 0.441. The number of fused-ring (bicyclic) bond motifs is 1. The van der Waals surface area contributed by atoms with Gasteiger partial charge in [0.15, 0.2) is 11.5 Å². The van der Waals surface area contributed by atoms with Gasteiger partial charge in [-0.25, -0.2) is 0 Å². The molecule has 0 fully saturated rings. The van der Waals surface area contributed by atoms with E-state index in [2.05, 4.69) is 29.8 Å². The molecule has 1 aromatic heterocycles. The lowest BCUT2D eigenvalue weighted by molar-refractivity contribution is -0.136. The smallest absolute Gasteiger partial charge is 0.237 e. The summed E-state index contributed by atoms with van der Waals surface area (Å²) in [5, 5.41) is 12.5. The highest BCUT2D eigenvalue weighted by Crippen LogP contribution is 2.35. The molecule has 1 aliphatic rings. The fourth-order valence-electron chi connectivity index (χ4n) is 4.31. The van der Waals surface area contributed by atoms with Gasteiger partial charge >= 0.3 is 0 Å². The summed E-state index contributed by atoms with van der Waals surface area (Å²) in [5.74, 6) is 1.43. The number of amides is 1. The number of methoxy groups -OCH3 is 1. The largest absolute Gasteiger partial charge is 0.493 e. The van der Waals surface area contributed by atoms with Crippen molar-refractivity contribution in [3.8, 4) is 11.5 Å². The number of ether oxygens (including phenoxy) is 2. The zero-order chi connectivity index (χ0) is 23.6. The number of aliphatic hydroxyl groups excluding tert-OH is 1. The second-order valence-corrected chi connectivity index (χ2v) is 9.37. The van der Waals surface area contributed by atoms with Crippen molar-refractivity contribution >= 4 is 17.2 Å². The normalized spacial score (nSPS) is 16.4. The number of hydrogen-bond donors (Lipinski definition) is 1. The Bertz CT molecular complexity index is 900. The Morgan fingerprint density at radius 1 is 1.36 bits per heavy atom. The maximum absolute atomic E-state index is 13.5. The van der Waals surface area contributed by atoms with Gasteiger partial charge in [-0.15, -0.1) is 17.9 Å². The maximum Gasteiger partial charge on any atom is 0.237 e. The van der Waals surface area contributed by atoms with Crippen LogP contribution in [0.5, 0.6) is 11.5 Å². The van der Waals surface area contributed by atoms with Gasteiger partial charge in [-0.1, -0.05) is 25.1 Å². The minimum absolute atomic E-state index is 0.0739. The average Bonchev–Trinajstić information content (AvgIpc) is 3.30. The van der Waals surface area contributed by atoms with Gasteiger partial charge in [-0.05, 0) is 61.4 Å². The SMILES string of the molecule is C=CCC[C@@H](O)CN(CCC)CC(=O)N1CCc2sccc2[C@@H]1COc1ccccc1OC. The number of aliphatic hydroxyl groups is 1. The molecule has 7 heteroatoms. The Hall–Kier alpha value is -2.35. The summed E-state index contributed by atoms with van der Waals surface area (Å²) >= 11 is 1.74. The van der Waals surface area contributed by atoms with E-state index in [4.69, 9.17) is 9.47 Å². The third-order valence-corrected chi connectivity index (χ3v) is 6.95. The number of hydrogen-bond acceptors (Lipinski definition) is 6. The number of benzene rings is 1. The number of carbonyl (C=O) groups is 1. The first-order chi connectivity index (χ1) is 16.1. The highest BCUT2D eigenvalue weighted by atomic mass is 32.1. The van der Waals surface area contributed by atoms with E-state index in [-0.39, 0.29) is 11.9 Å². The molecule has 180 valence electrons. The molecule has 2 heterocycles. The van der Waals surface area contributed by atoms with Crippen molar-refractivity contribution in [1.29, 1.82) is 0 Å². The fraction of sp³-hybridized carbons (Fsp3) is 0.500. The third kappa shape index (κ3) is 6.82. The summed E-state index contributed by atoms with van der Waals surface area (Å²) in [6.07, 6.45) is 4.57. The van der Waals surface area contributed by atoms with E-state index in [0.717, 1.165) is 25.8 Å². The number of allylic oxidation sites excluding steroid dienone is 1. The molecule has 0 aliphatic carbocycles. The van der Waals surface area contributed by atoms with Gasteiger partial charge in [-0.2, -0.15) is 0 Å². The van der Waals surface area contributed by atoms with Gasteiger partial charge in [-0.3, -0.25) is 9.69 Å². The van der Waals surface area contributed by atoms with Crippen LogP contribution in [0.1, 0.15) is 42.7 Å². The highest BCUT2D eigenvalue weighted by Gasteiger charge is 2.33. The van der Waals surface area contributed by atoms with E-state index in [0.29, 0.717) is 44.2 Å². The Kier molecular flexibility index (Phi) is 9.78. The number of thiophene rings is 1. The third-order valence-electron chi connectivity index (χ3n) is 5.95. The summed E-state index contributed by atoms with van der Waals surface area (Å²) < 4.78 is 11.6. The molecule has 1 N–H and O–H groups in total. The minimum atomic E-state index is -0.461. The number of rotatable bonds is 13. The van der Waals surface area contributed by atoms with Gasteiger partial charge in [0.1, 0.15) is 6.61 Å². The Morgan fingerprint density at radius 3 is 2.88 bits per heavy atom. The predicted molar refractivity (Wildman–Crippen MR) is 133 cm³/mol. The van der Waals surface area contributed by atoms with Crippen LogP contribution >= 0.6 is 11.3 Å². The molecule has 33 heavy (non-hydrogen) atoms. The summed E-state index contributed by atoms with van der Waals surface area (Å²) in [6.45, 7) is 8.42. The fourth-order valence-corrected chi connectivity index (χ4v) is 5.24. The molecule has 2 atom stereocenters. The van der Waals surface area contributed by atoms with Gasteiger partial charge in [0, 0.05) is 18.0 Å². The molecule has 0 unspecified atom stereocenters. The van der Waals surface area contributed by atoms with Crippen LogP contribution in [-0.2, 0) is 11.2 Å². The van der Waals surface area contributed by atoms with Gasteiger partial charge < -0.3 is 19.5 Å². The lowest BCUT2D eigenvalue weighted by atomic mass is 10.0. The summed E-state index contributed by atoms with van der Waals surface area (Å²) in [5.41, 5.74) is 1.17. The van der Waals surface area contributed by atoms with Crippen molar-refractivity contribution in [1.82, 2.24) is 9.80 Å². The van der Waals surface area contributed by atoms with E-state index in [1.165, 1.54) is 10.4 Å². The molecule has 0 spiro atoms. The molecule has 0 saturated carbocycles. The van der Waals surface area contributed by atoms with Gasteiger partial charge in [0.25, 0.3) is 0 Å². The lowest BCUT2D eigenvalue weighted by Gasteiger charge is -2.37. The van der Waals surface area contributed by atoms with Crippen molar-refractivity contribution in [2.24, 2.45) is 0 Å². The summed E-state index contributed by atoms with van der Waals surface area (Å²) in [4.78, 5) is 18.8. The lowest BCUT2D eigenvalue weighted by Crippen LogP contribution is -2.47. The van der Waals surface area contributed by atoms with E-state index in [1.807, 2.05) is 35.2 Å². The van der Waals surface area contributed by atoms with Crippen LogP contribution in [0.2, 0.25) is 0 Å². The molecule has 1 aromatic carbocycles. The molecular weight excluding hydrogens is 436 g/mol. The van der Waals surface area contributed by atoms with E-state index >= 15 is 0 Å². The van der Waals surface area contributed by atoms with Crippen molar-refractivity contribution in [3.63, 3.8) is 0 Å². The molecule has 1 amide bonds. The first kappa shape index (κ1) is 25.3. The van der Waals surface area contributed by atoms with E-state index in [1.54, 1.807) is 18.4 Å². The molecule has 2 aromatic rings. The Morgan fingerprint density at radius 2 is 2.15 bits per heavy atom. The van der Waals surface area contributed by atoms with Crippen LogP contribution in [0.3, 0.4) is 0 Å². The zero-order valence-corrected chi connectivity index (χ0v) is 20.6.